The standard InChI is InChI=1S/C15H19Cl2NO3/c16-11-3-4-13(12(17)7-11)21-8-14(20)18-9-15(10-19)5-1-2-6-15/h3-4,7,19H,1-2,5-6,8-10H2,(H,18,20). The van der Waals surface area contributed by atoms with Crippen LogP contribution in [0.5, 0.6) is 5.75 Å². The van der Waals surface area contributed by atoms with Crippen molar-refractivity contribution in [2.75, 3.05) is 19.8 Å². The molecule has 0 radical (unpaired) electrons. The minimum atomic E-state index is -0.222. The molecule has 1 aliphatic carbocycles. The van der Waals surface area contributed by atoms with Crippen LogP contribution in [-0.2, 0) is 4.79 Å². The van der Waals surface area contributed by atoms with Crippen LogP contribution >= 0.6 is 23.2 Å². The second-order valence-electron chi connectivity index (χ2n) is 5.51. The topological polar surface area (TPSA) is 58.6 Å². The van der Waals surface area contributed by atoms with Gasteiger partial charge in [-0.2, -0.15) is 0 Å². The van der Waals surface area contributed by atoms with Crippen molar-refractivity contribution in [3.63, 3.8) is 0 Å². The molecule has 0 aromatic heterocycles. The molecule has 0 saturated heterocycles. The number of hydrogen-bond donors (Lipinski definition) is 2. The number of aliphatic hydroxyl groups is 1. The number of nitrogens with one attached hydrogen (secondary N) is 1. The van der Waals surface area contributed by atoms with Crippen molar-refractivity contribution in [3.05, 3.63) is 28.2 Å². The second kappa shape index (κ2) is 7.34. The van der Waals surface area contributed by atoms with Crippen molar-refractivity contribution in [2.24, 2.45) is 5.41 Å². The van der Waals surface area contributed by atoms with Gasteiger partial charge < -0.3 is 15.2 Å². The lowest BCUT2D eigenvalue weighted by molar-refractivity contribution is -0.123. The van der Waals surface area contributed by atoms with Crippen LogP contribution in [0, 0.1) is 5.41 Å². The zero-order valence-electron chi connectivity index (χ0n) is 11.7. The second-order valence-corrected chi connectivity index (χ2v) is 6.35. The lowest BCUT2D eigenvalue weighted by atomic mass is 9.87. The van der Waals surface area contributed by atoms with E-state index in [1.54, 1.807) is 18.2 Å². The molecule has 1 amide bonds. The maximum absolute atomic E-state index is 11.8. The quantitative estimate of drug-likeness (QED) is 0.842. The Morgan fingerprint density at radius 1 is 1.33 bits per heavy atom. The van der Waals surface area contributed by atoms with E-state index >= 15 is 0 Å². The number of hydrogen-bond acceptors (Lipinski definition) is 3. The number of aliphatic hydroxyl groups excluding tert-OH is 1. The number of ether oxygens (including phenoxy) is 1. The van der Waals surface area contributed by atoms with Crippen LogP contribution in [0.25, 0.3) is 0 Å². The molecule has 1 saturated carbocycles. The summed E-state index contributed by atoms with van der Waals surface area (Å²) in [5.74, 6) is 0.203. The summed E-state index contributed by atoms with van der Waals surface area (Å²) in [5.41, 5.74) is -0.159. The summed E-state index contributed by atoms with van der Waals surface area (Å²) in [4.78, 5) is 11.8. The molecule has 0 unspecified atom stereocenters. The zero-order chi connectivity index (χ0) is 15.3. The summed E-state index contributed by atoms with van der Waals surface area (Å²) in [6.07, 6.45) is 4.11. The van der Waals surface area contributed by atoms with Gasteiger partial charge in [0.15, 0.2) is 6.61 Å². The van der Waals surface area contributed by atoms with E-state index in [-0.39, 0.29) is 24.5 Å². The summed E-state index contributed by atoms with van der Waals surface area (Å²) in [5, 5.41) is 13.2. The number of rotatable bonds is 6. The van der Waals surface area contributed by atoms with Crippen molar-refractivity contribution < 1.29 is 14.6 Å². The fourth-order valence-electron chi connectivity index (χ4n) is 2.59. The molecule has 6 heteroatoms. The fraction of sp³-hybridized carbons (Fsp3) is 0.533. The monoisotopic (exact) mass is 331 g/mol. The number of carbonyl (C=O) groups is 1. The molecule has 1 aliphatic rings. The van der Waals surface area contributed by atoms with Gasteiger partial charge in [-0.1, -0.05) is 36.0 Å². The molecule has 1 fully saturated rings. The molecule has 0 bridgehead atoms. The van der Waals surface area contributed by atoms with E-state index in [0.29, 0.717) is 22.3 Å². The van der Waals surface area contributed by atoms with Gasteiger partial charge in [0.1, 0.15) is 5.75 Å². The van der Waals surface area contributed by atoms with Crippen LogP contribution in [0.2, 0.25) is 10.0 Å². The maximum Gasteiger partial charge on any atom is 0.257 e. The van der Waals surface area contributed by atoms with Gasteiger partial charge in [-0.25, -0.2) is 0 Å². The number of halogens is 2. The number of carbonyl (C=O) groups excluding carboxylic acids is 1. The van der Waals surface area contributed by atoms with Crippen LogP contribution in [0.3, 0.4) is 0 Å². The first kappa shape index (κ1) is 16.4. The summed E-state index contributed by atoms with van der Waals surface area (Å²) >= 11 is 11.8. The first-order valence-corrected chi connectivity index (χ1v) is 7.76. The Hall–Kier alpha value is -0.970. The summed E-state index contributed by atoms with van der Waals surface area (Å²) in [6.45, 7) is 0.486. The molecular formula is C15H19Cl2NO3. The zero-order valence-corrected chi connectivity index (χ0v) is 13.2. The molecule has 0 aliphatic heterocycles. The largest absolute Gasteiger partial charge is 0.482 e. The lowest BCUT2D eigenvalue weighted by Gasteiger charge is -2.26. The fourth-order valence-corrected chi connectivity index (χ4v) is 3.05. The van der Waals surface area contributed by atoms with E-state index in [0.717, 1.165) is 25.7 Å². The minimum Gasteiger partial charge on any atom is -0.482 e. The summed E-state index contributed by atoms with van der Waals surface area (Å²) in [7, 11) is 0. The van der Waals surface area contributed by atoms with Crippen molar-refractivity contribution in [1.82, 2.24) is 5.32 Å². The third kappa shape index (κ3) is 4.50. The van der Waals surface area contributed by atoms with Crippen molar-refractivity contribution >= 4 is 29.1 Å². The van der Waals surface area contributed by atoms with Crippen LogP contribution in [0.15, 0.2) is 18.2 Å². The summed E-state index contributed by atoms with van der Waals surface area (Å²) < 4.78 is 5.37. The Bertz CT molecular complexity index is 502. The smallest absolute Gasteiger partial charge is 0.257 e. The van der Waals surface area contributed by atoms with Crippen LogP contribution < -0.4 is 10.1 Å². The third-order valence-electron chi connectivity index (χ3n) is 3.91. The Morgan fingerprint density at radius 3 is 2.67 bits per heavy atom. The van der Waals surface area contributed by atoms with Gasteiger partial charge in [0.2, 0.25) is 0 Å². The van der Waals surface area contributed by atoms with E-state index in [4.69, 9.17) is 27.9 Å². The van der Waals surface area contributed by atoms with E-state index in [9.17, 15) is 9.90 Å². The maximum atomic E-state index is 11.8. The van der Waals surface area contributed by atoms with Gasteiger partial charge in [0, 0.05) is 17.0 Å². The predicted molar refractivity (Wildman–Crippen MR) is 83.0 cm³/mol. The Balaban J connectivity index is 1.79. The molecular weight excluding hydrogens is 313 g/mol. The molecule has 2 rings (SSSR count). The summed E-state index contributed by atoms with van der Waals surface area (Å²) in [6, 6.07) is 4.85. The highest BCUT2D eigenvalue weighted by atomic mass is 35.5. The van der Waals surface area contributed by atoms with Gasteiger partial charge in [-0.3, -0.25) is 4.79 Å². The lowest BCUT2D eigenvalue weighted by Crippen LogP contribution is -2.40. The molecule has 1 aromatic rings. The van der Waals surface area contributed by atoms with Crippen molar-refractivity contribution in [3.8, 4) is 5.75 Å². The highest BCUT2D eigenvalue weighted by molar-refractivity contribution is 6.35. The van der Waals surface area contributed by atoms with Crippen LogP contribution in [0.1, 0.15) is 25.7 Å². The molecule has 1 aromatic carbocycles. The van der Waals surface area contributed by atoms with Gasteiger partial charge in [0.25, 0.3) is 5.91 Å². The Morgan fingerprint density at radius 2 is 2.05 bits per heavy atom. The Kier molecular flexibility index (Phi) is 5.73. The van der Waals surface area contributed by atoms with Crippen molar-refractivity contribution in [2.45, 2.75) is 25.7 Å². The van der Waals surface area contributed by atoms with E-state index < -0.39 is 0 Å². The molecule has 116 valence electrons. The SMILES string of the molecule is O=C(COc1ccc(Cl)cc1Cl)NCC1(CO)CCCC1. The third-order valence-corrected chi connectivity index (χ3v) is 4.44. The first-order chi connectivity index (χ1) is 10.0. The van der Waals surface area contributed by atoms with Gasteiger partial charge in [0.05, 0.1) is 11.6 Å². The van der Waals surface area contributed by atoms with Gasteiger partial charge in [-0.05, 0) is 31.0 Å². The highest BCUT2D eigenvalue weighted by Gasteiger charge is 2.33. The van der Waals surface area contributed by atoms with E-state index in [1.165, 1.54) is 0 Å². The molecule has 4 nitrogen and oxygen atoms in total. The van der Waals surface area contributed by atoms with E-state index in [2.05, 4.69) is 5.32 Å². The van der Waals surface area contributed by atoms with Gasteiger partial charge in [-0.15, -0.1) is 0 Å². The number of amides is 1. The molecule has 0 spiro atoms. The first-order valence-electron chi connectivity index (χ1n) is 7.00. The number of benzene rings is 1. The molecule has 0 atom stereocenters. The van der Waals surface area contributed by atoms with Crippen LogP contribution in [0.4, 0.5) is 0 Å². The molecule has 21 heavy (non-hydrogen) atoms. The van der Waals surface area contributed by atoms with Crippen molar-refractivity contribution in [1.29, 1.82) is 0 Å². The van der Waals surface area contributed by atoms with Crippen LogP contribution in [-0.4, -0.2) is 30.8 Å². The van der Waals surface area contributed by atoms with Gasteiger partial charge >= 0.3 is 0 Å². The minimum absolute atomic E-state index is 0.108. The highest BCUT2D eigenvalue weighted by Crippen LogP contribution is 2.36. The predicted octanol–water partition coefficient (Wildman–Crippen LogP) is 3.04. The molecule has 2 N–H and O–H groups in total. The average Bonchev–Trinajstić information content (AvgIpc) is 2.94. The average molecular weight is 332 g/mol. The van der Waals surface area contributed by atoms with E-state index in [1.807, 2.05) is 0 Å². The molecule has 0 heterocycles. The normalized spacial score (nSPS) is 16.7. The Labute approximate surface area is 134 Å².